The van der Waals surface area contributed by atoms with Crippen LogP contribution in [0.15, 0.2) is 48.5 Å². The fraction of sp³-hybridized carbons (Fsp3) is 0.0588. The van der Waals surface area contributed by atoms with E-state index in [9.17, 15) is 4.79 Å². The summed E-state index contributed by atoms with van der Waals surface area (Å²) in [4.78, 5) is 16.7. The summed E-state index contributed by atoms with van der Waals surface area (Å²) < 4.78 is 0. The number of amides is 1. The van der Waals surface area contributed by atoms with E-state index in [1.54, 1.807) is 48.5 Å². The van der Waals surface area contributed by atoms with Crippen molar-refractivity contribution in [1.29, 1.82) is 0 Å². The number of benzene rings is 2. The maximum absolute atomic E-state index is 12.3. The van der Waals surface area contributed by atoms with Crippen LogP contribution in [0.2, 0.25) is 0 Å². The zero-order valence-corrected chi connectivity index (χ0v) is 12.1. The van der Waals surface area contributed by atoms with Gasteiger partial charge in [-0.25, -0.2) is 0 Å². The maximum Gasteiger partial charge on any atom is 0.255 e. The number of hydrogen-bond donors (Lipinski definition) is 3. The first-order valence-corrected chi connectivity index (χ1v) is 6.87. The molecule has 0 spiro atoms. The third-order valence-electron chi connectivity index (χ3n) is 3.38. The summed E-state index contributed by atoms with van der Waals surface area (Å²) in [5.41, 5.74) is 15.7. The van der Waals surface area contributed by atoms with Crippen LogP contribution in [-0.4, -0.2) is 10.9 Å². The lowest BCUT2D eigenvalue weighted by molar-refractivity contribution is 0.102. The standard InChI is InChI=1S/C17H16N4O/c1-10-7-15(19)14-8-11(5-6-16(14)20-10)17(22)21-13-4-2-3-12(18)9-13/h2-9H,18H2,1H3,(H2,19,20)(H,21,22). The summed E-state index contributed by atoms with van der Waals surface area (Å²) >= 11 is 0. The van der Waals surface area contributed by atoms with Crippen LogP contribution in [-0.2, 0) is 0 Å². The van der Waals surface area contributed by atoms with Crippen LogP contribution >= 0.6 is 0 Å². The highest BCUT2D eigenvalue weighted by atomic mass is 16.1. The average molecular weight is 292 g/mol. The normalized spacial score (nSPS) is 10.6. The van der Waals surface area contributed by atoms with Crippen LogP contribution in [0, 0.1) is 6.92 Å². The molecule has 0 unspecified atom stereocenters. The Balaban J connectivity index is 1.94. The number of hydrogen-bond acceptors (Lipinski definition) is 4. The number of nitrogen functional groups attached to an aromatic ring is 2. The van der Waals surface area contributed by atoms with Gasteiger partial charge in [0.05, 0.1) is 5.52 Å². The summed E-state index contributed by atoms with van der Waals surface area (Å²) in [5.74, 6) is -0.215. The Kier molecular flexibility index (Phi) is 3.39. The Morgan fingerprint density at radius 3 is 2.68 bits per heavy atom. The fourth-order valence-corrected chi connectivity index (χ4v) is 2.35. The molecular formula is C17H16N4O. The van der Waals surface area contributed by atoms with E-state index in [1.807, 2.05) is 6.92 Å². The van der Waals surface area contributed by atoms with Crippen molar-refractivity contribution in [2.45, 2.75) is 6.92 Å². The molecule has 0 saturated heterocycles. The van der Waals surface area contributed by atoms with Crippen molar-refractivity contribution in [3.8, 4) is 0 Å². The summed E-state index contributed by atoms with van der Waals surface area (Å²) in [6, 6.07) is 14.1. The molecule has 0 aliphatic heterocycles. The number of carbonyl (C=O) groups excluding carboxylic acids is 1. The lowest BCUT2D eigenvalue weighted by Crippen LogP contribution is -2.12. The van der Waals surface area contributed by atoms with Crippen LogP contribution in [0.25, 0.3) is 10.9 Å². The van der Waals surface area contributed by atoms with Crippen molar-refractivity contribution >= 4 is 33.9 Å². The number of nitrogens with two attached hydrogens (primary N) is 2. The van der Waals surface area contributed by atoms with Gasteiger partial charge in [-0.15, -0.1) is 0 Å². The van der Waals surface area contributed by atoms with Gasteiger partial charge in [0, 0.05) is 33.7 Å². The van der Waals surface area contributed by atoms with Gasteiger partial charge in [0.2, 0.25) is 0 Å². The van der Waals surface area contributed by atoms with Crippen molar-refractivity contribution in [2.75, 3.05) is 16.8 Å². The topological polar surface area (TPSA) is 94.0 Å². The first-order valence-electron chi connectivity index (χ1n) is 6.87. The largest absolute Gasteiger partial charge is 0.399 e. The van der Waals surface area contributed by atoms with Crippen molar-refractivity contribution in [1.82, 2.24) is 4.98 Å². The monoisotopic (exact) mass is 292 g/mol. The molecule has 0 bridgehead atoms. The highest BCUT2D eigenvalue weighted by Crippen LogP contribution is 2.22. The van der Waals surface area contributed by atoms with Crippen molar-refractivity contribution in [2.24, 2.45) is 0 Å². The number of pyridine rings is 1. The highest BCUT2D eigenvalue weighted by molar-refractivity contribution is 6.07. The predicted octanol–water partition coefficient (Wildman–Crippen LogP) is 2.96. The minimum Gasteiger partial charge on any atom is -0.399 e. The van der Waals surface area contributed by atoms with Gasteiger partial charge in [-0.3, -0.25) is 9.78 Å². The Labute approximate surface area is 128 Å². The summed E-state index contributed by atoms with van der Waals surface area (Å²) in [7, 11) is 0. The van der Waals surface area contributed by atoms with Gasteiger partial charge in [-0.1, -0.05) is 6.07 Å². The van der Waals surface area contributed by atoms with Crippen LogP contribution in [0.3, 0.4) is 0 Å². The van der Waals surface area contributed by atoms with Gasteiger partial charge >= 0.3 is 0 Å². The predicted molar refractivity (Wildman–Crippen MR) is 89.7 cm³/mol. The summed E-state index contributed by atoms with van der Waals surface area (Å²) in [6.07, 6.45) is 0. The first-order chi connectivity index (χ1) is 10.5. The Morgan fingerprint density at radius 1 is 1.09 bits per heavy atom. The molecule has 2 aromatic carbocycles. The van der Waals surface area contributed by atoms with E-state index in [0.717, 1.165) is 16.6 Å². The van der Waals surface area contributed by atoms with Gasteiger partial charge < -0.3 is 16.8 Å². The molecule has 0 aliphatic rings. The molecule has 0 saturated carbocycles. The molecule has 0 radical (unpaired) electrons. The molecule has 0 aliphatic carbocycles. The molecule has 1 heterocycles. The number of fused-ring (bicyclic) bond motifs is 1. The molecule has 5 N–H and O–H groups in total. The molecule has 0 atom stereocenters. The lowest BCUT2D eigenvalue weighted by Gasteiger charge is -2.08. The van der Waals surface area contributed by atoms with Gasteiger partial charge in [-0.2, -0.15) is 0 Å². The van der Waals surface area contributed by atoms with E-state index >= 15 is 0 Å². The molecule has 110 valence electrons. The minimum absolute atomic E-state index is 0.215. The molecule has 0 fully saturated rings. The fourth-order valence-electron chi connectivity index (χ4n) is 2.35. The van der Waals surface area contributed by atoms with Crippen molar-refractivity contribution in [3.63, 3.8) is 0 Å². The van der Waals surface area contributed by atoms with Gasteiger partial charge in [0.15, 0.2) is 0 Å². The van der Waals surface area contributed by atoms with Gasteiger partial charge in [0.1, 0.15) is 0 Å². The third kappa shape index (κ3) is 2.69. The number of aromatic nitrogens is 1. The Morgan fingerprint density at radius 2 is 1.91 bits per heavy atom. The summed E-state index contributed by atoms with van der Waals surface area (Å²) in [5, 5.41) is 3.58. The maximum atomic E-state index is 12.3. The van der Waals surface area contributed by atoms with Gasteiger partial charge in [0.25, 0.3) is 5.91 Å². The van der Waals surface area contributed by atoms with E-state index in [4.69, 9.17) is 11.5 Å². The SMILES string of the molecule is Cc1cc(N)c2cc(C(=O)Nc3cccc(N)c3)ccc2n1. The smallest absolute Gasteiger partial charge is 0.255 e. The van der Waals surface area contributed by atoms with E-state index in [0.29, 0.717) is 22.6 Å². The number of nitrogens with zero attached hydrogens (tertiary/aromatic N) is 1. The summed E-state index contributed by atoms with van der Waals surface area (Å²) in [6.45, 7) is 1.89. The van der Waals surface area contributed by atoms with Crippen LogP contribution in [0.1, 0.15) is 16.1 Å². The number of aryl methyl sites for hydroxylation is 1. The zero-order valence-electron chi connectivity index (χ0n) is 12.1. The van der Waals surface area contributed by atoms with E-state index in [2.05, 4.69) is 10.3 Å². The van der Waals surface area contributed by atoms with Crippen molar-refractivity contribution < 1.29 is 4.79 Å². The molecule has 5 heteroatoms. The van der Waals surface area contributed by atoms with Crippen molar-refractivity contribution in [3.05, 3.63) is 59.8 Å². The molecule has 22 heavy (non-hydrogen) atoms. The first kappa shape index (κ1) is 13.9. The zero-order chi connectivity index (χ0) is 15.7. The number of carbonyl (C=O) groups is 1. The second-order valence-corrected chi connectivity index (χ2v) is 5.16. The minimum atomic E-state index is -0.215. The van der Waals surface area contributed by atoms with Crippen LogP contribution < -0.4 is 16.8 Å². The van der Waals surface area contributed by atoms with Crippen LogP contribution in [0.5, 0.6) is 0 Å². The molecule has 3 aromatic rings. The highest BCUT2D eigenvalue weighted by Gasteiger charge is 2.09. The Bertz CT molecular complexity index is 874. The molecule has 1 aromatic heterocycles. The van der Waals surface area contributed by atoms with Crippen LogP contribution in [0.4, 0.5) is 17.1 Å². The number of nitrogens with one attached hydrogen (secondary N) is 1. The van der Waals surface area contributed by atoms with E-state index in [-0.39, 0.29) is 5.91 Å². The Hall–Kier alpha value is -3.08. The molecule has 5 nitrogen and oxygen atoms in total. The molecular weight excluding hydrogens is 276 g/mol. The second-order valence-electron chi connectivity index (χ2n) is 5.16. The molecule has 3 rings (SSSR count). The average Bonchev–Trinajstić information content (AvgIpc) is 2.46. The number of rotatable bonds is 2. The van der Waals surface area contributed by atoms with E-state index < -0.39 is 0 Å². The second kappa shape index (κ2) is 5.37. The number of anilines is 3. The van der Waals surface area contributed by atoms with Gasteiger partial charge in [-0.05, 0) is 49.4 Å². The molecule has 1 amide bonds. The van der Waals surface area contributed by atoms with E-state index in [1.165, 1.54) is 0 Å². The quantitative estimate of drug-likeness (QED) is 0.633. The lowest BCUT2D eigenvalue weighted by atomic mass is 10.1. The third-order valence-corrected chi connectivity index (χ3v) is 3.38.